The van der Waals surface area contributed by atoms with E-state index in [1.165, 1.54) is 12.4 Å². The molecule has 1 atom stereocenters. The number of aromatic amines is 1. The highest BCUT2D eigenvalue weighted by Crippen LogP contribution is 2.10. The van der Waals surface area contributed by atoms with Gasteiger partial charge in [-0.2, -0.15) is 5.10 Å². The third-order valence-corrected chi connectivity index (χ3v) is 2.40. The lowest BCUT2D eigenvalue weighted by Gasteiger charge is -2.11. The molecule has 0 aliphatic carbocycles. The molecule has 1 unspecified atom stereocenters. The topological polar surface area (TPSA) is 122 Å². The Labute approximate surface area is 103 Å². The Kier molecular flexibility index (Phi) is 3.49. The van der Waals surface area contributed by atoms with Crippen molar-refractivity contribution in [2.45, 2.75) is 13.0 Å². The lowest BCUT2D eigenvalue weighted by molar-refractivity contribution is 0.0934. The fourth-order valence-electron chi connectivity index (χ4n) is 1.37. The van der Waals surface area contributed by atoms with Crippen LogP contribution in [0.5, 0.6) is 0 Å². The SMILES string of the molecule is CC(NC(=O)c1cnc(NN)cn1)c1cn[nH]c1. The van der Waals surface area contributed by atoms with Crippen LogP contribution < -0.4 is 16.6 Å². The van der Waals surface area contributed by atoms with E-state index >= 15 is 0 Å². The predicted molar refractivity (Wildman–Crippen MR) is 64.3 cm³/mol. The van der Waals surface area contributed by atoms with Crippen LogP contribution in [0.3, 0.4) is 0 Å². The van der Waals surface area contributed by atoms with E-state index in [9.17, 15) is 4.79 Å². The van der Waals surface area contributed by atoms with Crippen LogP contribution in [0, 0.1) is 0 Å². The molecule has 2 rings (SSSR count). The van der Waals surface area contributed by atoms with Gasteiger partial charge in [-0.3, -0.25) is 9.89 Å². The maximum atomic E-state index is 11.9. The van der Waals surface area contributed by atoms with Gasteiger partial charge in [-0.25, -0.2) is 15.8 Å². The molecule has 2 heterocycles. The Bertz CT molecular complexity index is 508. The van der Waals surface area contributed by atoms with Crippen molar-refractivity contribution in [2.24, 2.45) is 5.84 Å². The fraction of sp³-hybridized carbons (Fsp3) is 0.200. The quantitative estimate of drug-likeness (QED) is 0.445. The lowest BCUT2D eigenvalue weighted by atomic mass is 10.2. The number of hydrogen-bond donors (Lipinski definition) is 4. The number of aromatic nitrogens is 4. The molecule has 2 aromatic rings. The number of H-pyrrole nitrogens is 1. The minimum Gasteiger partial charge on any atom is -0.344 e. The smallest absolute Gasteiger partial charge is 0.271 e. The Morgan fingerprint density at radius 3 is 2.78 bits per heavy atom. The van der Waals surface area contributed by atoms with Crippen molar-refractivity contribution in [3.05, 3.63) is 36.0 Å². The van der Waals surface area contributed by atoms with E-state index in [0.29, 0.717) is 5.82 Å². The first kappa shape index (κ1) is 12.0. The lowest BCUT2D eigenvalue weighted by Crippen LogP contribution is -2.27. The van der Waals surface area contributed by atoms with E-state index in [2.05, 4.69) is 30.9 Å². The minimum atomic E-state index is -0.306. The molecule has 0 radical (unpaired) electrons. The van der Waals surface area contributed by atoms with Gasteiger partial charge >= 0.3 is 0 Å². The summed E-state index contributed by atoms with van der Waals surface area (Å²) in [6, 6.07) is -0.162. The summed E-state index contributed by atoms with van der Waals surface area (Å²) < 4.78 is 0. The monoisotopic (exact) mass is 247 g/mol. The number of hydrazine groups is 1. The van der Waals surface area contributed by atoms with Crippen molar-refractivity contribution in [3.8, 4) is 0 Å². The fourth-order valence-corrected chi connectivity index (χ4v) is 1.37. The molecule has 0 bridgehead atoms. The number of carbonyl (C=O) groups excluding carboxylic acids is 1. The number of nitrogens with zero attached hydrogens (tertiary/aromatic N) is 3. The first-order valence-electron chi connectivity index (χ1n) is 5.29. The van der Waals surface area contributed by atoms with Gasteiger partial charge in [0.1, 0.15) is 5.69 Å². The zero-order valence-corrected chi connectivity index (χ0v) is 9.71. The number of carbonyl (C=O) groups is 1. The van der Waals surface area contributed by atoms with Crippen LogP contribution in [-0.4, -0.2) is 26.1 Å². The van der Waals surface area contributed by atoms with Gasteiger partial charge in [-0.1, -0.05) is 0 Å². The van der Waals surface area contributed by atoms with E-state index < -0.39 is 0 Å². The van der Waals surface area contributed by atoms with Crippen molar-refractivity contribution >= 4 is 11.7 Å². The van der Waals surface area contributed by atoms with Gasteiger partial charge in [0, 0.05) is 11.8 Å². The van der Waals surface area contributed by atoms with Crippen molar-refractivity contribution in [3.63, 3.8) is 0 Å². The normalized spacial score (nSPS) is 11.9. The highest BCUT2D eigenvalue weighted by atomic mass is 16.1. The number of amides is 1. The van der Waals surface area contributed by atoms with Gasteiger partial charge in [-0.15, -0.1) is 0 Å². The summed E-state index contributed by atoms with van der Waals surface area (Å²) in [5, 5.41) is 9.29. The van der Waals surface area contributed by atoms with Gasteiger partial charge in [0.05, 0.1) is 24.6 Å². The molecule has 0 aliphatic rings. The molecule has 5 N–H and O–H groups in total. The molecule has 8 heteroatoms. The van der Waals surface area contributed by atoms with Gasteiger partial charge in [0.25, 0.3) is 5.91 Å². The summed E-state index contributed by atoms with van der Waals surface area (Å²) in [6.07, 6.45) is 6.11. The van der Waals surface area contributed by atoms with E-state index in [1.807, 2.05) is 6.92 Å². The second-order valence-electron chi connectivity index (χ2n) is 3.66. The molecule has 18 heavy (non-hydrogen) atoms. The first-order valence-corrected chi connectivity index (χ1v) is 5.29. The number of anilines is 1. The average molecular weight is 247 g/mol. The number of nitrogens with two attached hydrogens (primary N) is 1. The molecular formula is C10H13N7O. The van der Waals surface area contributed by atoms with Crippen molar-refractivity contribution in [1.82, 2.24) is 25.5 Å². The van der Waals surface area contributed by atoms with Crippen LogP contribution in [-0.2, 0) is 0 Å². The number of nitrogen functional groups attached to an aromatic ring is 1. The highest BCUT2D eigenvalue weighted by molar-refractivity contribution is 5.92. The Morgan fingerprint density at radius 2 is 2.22 bits per heavy atom. The highest BCUT2D eigenvalue weighted by Gasteiger charge is 2.13. The minimum absolute atomic E-state index is 0.162. The van der Waals surface area contributed by atoms with Crippen LogP contribution in [0.2, 0.25) is 0 Å². The van der Waals surface area contributed by atoms with Gasteiger partial charge < -0.3 is 10.7 Å². The maximum Gasteiger partial charge on any atom is 0.271 e. The average Bonchev–Trinajstić information content (AvgIpc) is 2.92. The summed E-state index contributed by atoms with van der Waals surface area (Å²) in [6.45, 7) is 1.85. The first-order chi connectivity index (χ1) is 8.70. The maximum absolute atomic E-state index is 11.9. The summed E-state index contributed by atoms with van der Waals surface area (Å²) >= 11 is 0. The molecule has 8 nitrogen and oxygen atoms in total. The molecule has 0 aromatic carbocycles. The van der Waals surface area contributed by atoms with Gasteiger partial charge in [-0.05, 0) is 6.92 Å². The number of nitrogens with one attached hydrogen (secondary N) is 3. The molecule has 2 aromatic heterocycles. The van der Waals surface area contributed by atoms with Crippen LogP contribution in [0.4, 0.5) is 5.82 Å². The molecule has 94 valence electrons. The van der Waals surface area contributed by atoms with E-state index in [4.69, 9.17) is 5.84 Å². The molecule has 0 spiro atoms. The second-order valence-corrected chi connectivity index (χ2v) is 3.66. The summed E-state index contributed by atoms with van der Waals surface area (Å²) in [4.78, 5) is 19.7. The van der Waals surface area contributed by atoms with Gasteiger partial charge in [0.2, 0.25) is 0 Å². The zero-order chi connectivity index (χ0) is 13.0. The number of hydrogen-bond acceptors (Lipinski definition) is 6. The Balaban J connectivity index is 2.03. The Morgan fingerprint density at radius 1 is 1.39 bits per heavy atom. The van der Waals surface area contributed by atoms with Crippen LogP contribution in [0.1, 0.15) is 29.0 Å². The van der Waals surface area contributed by atoms with E-state index in [-0.39, 0.29) is 17.6 Å². The predicted octanol–water partition coefficient (Wildman–Crippen LogP) is -0.0237. The standard InChI is InChI=1S/C10H13N7O/c1-6(7-2-14-15-3-7)16-10(18)8-4-13-9(17-11)5-12-8/h2-6H,11H2,1H3,(H,13,17)(H,14,15)(H,16,18). The number of rotatable bonds is 4. The van der Waals surface area contributed by atoms with E-state index in [0.717, 1.165) is 5.56 Å². The summed E-state index contributed by atoms with van der Waals surface area (Å²) in [7, 11) is 0. The third kappa shape index (κ3) is 2.61. The van der Waals surface area contributed by atoms with E-state index in [1.54, 1.807) is 12.4 Å². The van der Waals surface area contributed by atoms with Gasteiger partial charge in [0.15, 0.2) is 5.82 Å². The summed E-state index contributed by atoms with van der Waals surface area (Å²) in [5.41, 5.74) is 3.45. The van der Waals surface area contributed by atoms with Crippen LogP contribution >= 0.6 is 0 Å². The summed E-state index contributed by atoms with van der Waals surface area (Å²) in [5.74, 6) is 5.25. The molecule has 0 saturated heterocycles. The second kappa shape index (κ2) is 5.23. The Hall–Kier alpha value is -2.48. The van der Waals surface area contributed by atoms with Crippen LogP contribution in [0.15, 0.2) is 24.8 Å². The van der Waals surface area contributed by atoms with Crippen molar-refractivity contribution < 1.29 is 4.79 Å². The molecule has 0 fully saturated rings. The van der Waals surface area contributed by atoms with Crippen molar-refractivity contribution in [2.75, 3.05) is 5.43 Å². The largest absolute Gasteiger partial charge is 0.344 e. The van der Waals surface area contributed by atoms with Crippen molar-refractivity contribution in [1.29, 1.82) is 0 Å². The zero-order valence-electron chi connectivity index (χ0n) is 9.71. The molecular weight excluding hydrogens is 234 g/mol. The molecule has 1 amide bonds. The third-order valence-electron chi connectivity index (χ3n) is 2.40. The van der Waals surface area contributed by atoms with Crippen LogP contribution in [0.25, 0.3) is 0 Å². The molecule has 0 aliphatic heterocycles. The molecule has 0 saturated carbocycles.